The van der Waals surface area contributed by atoms with Crippen LogP contribution < -0.4 is 14.4 Å². The van der Waals surface area contributed by atoms with Gasteiger partial charge in [0.2, 0.25) is 5.89 Å². The molecule has 7 rings (SSSR count). The quantitative estimate of drug-likeness (QED) is 0.122. The number of carbonyl (C=O) groups excluding carboxylic acids is 3. The monoisotopic (exact) mass is 980 g/mol. The van der Waals surface area contributed by atoms with Crippen LogP contribution in [0.4, 0.5) is 5.69 Å². The Labute approximate surface area is 417 Å². The lowest BCUT2D eigenvalue weighted by molar-refractivity contribution is -0.160. The molecule has 0 spiro atoms. The van der Waals surface area contributed by atoms with Crippen molar-refractivity contribution in [1.29, 1.82) is 0 Å². The van der Waals surface area contributed by atoms with E-state index in [0.717, 1.165) is 6.54 Å². The number of hydrogen-bond acceptors (Lipinski definition) is 15. The van der Waals surface area contributed by atoms with E-state index >= 15 is 4.79 Å². The van der Waals surface area contributed by atoms with Crippen molar-refractivity contribution in [1.82, 2.24) is 9.88 Å². The SMILES string of the molecule is CO[C@H]1C=CO[C@@]2(C)Oc3c(C)c(OC(=O)C(C)(C)C)c4c(c(O)c(N5CCN(Cc6c(C)cc(C)cc6C)CC5)c5nc(oc54)/C(C)=C\C=C\[C@H](C)[C@H](O)[C@@H](C)[C@@H](O)[C@@H](C)[C@H](OC(C)=O)[C@@H]1C)c3C2=O. The Morgan fingerprint density at radius 2 is 1.56 bits per heavy atom. The van der Waals surface area contributed by atoms with Crippen molar-refractivity contribution < 1.29 is 57.8 Å². The predicted molar refractivity (Wildman–Crippen MR) is 273 cm³/mol. The van der Waals surface area contributed by atoms with Crippen molar-refractivity contribution in [3.8, 4) is 17.2 Å². The number of ether oxygens (including phenoxy) is 5. The number of hydrogen-bond donors (Lipinski definition) is 3. The number of aromatic hydroxyl groups is 1. The molecule has 71 heavy (non-hydrogen) atoms. The summed E-state index contributed by atoms with van der Waals surface area (Å²) in [7, 11) is 1.48. The average Bonchev–Trinajstić information content (AvgIpc) is 3.86. The highest BCUT2D eigenvalue weighted by Gasteiger charge is 2.50. The fraction of sp³-hybridized carbons (Fsp3) is 0.536. The number of allylic oxidation sites excluding steroid dienone is 3. The number of nitrogens with zero attached hydrogens (tertiary/aromatic N) is 3. The van der Waals surface area contributed by atoms with Crippen LogP contribution in [0.15, 0.2) is 47.1 Å². The molecule has 0 amide bonds. The Hall–Kier alpha value is -5.74. The number of Topliss-reactive ketones (excluding diaryl/α,β-unsaturated/α-hetero) is 1. The average molecular weight is 980 g/mol. The van der Waals surface area contributed by atoms with Crippen molar-refractivity contribution >= 4 is 50.9 Å². The Morgan fingerprint density at radius 1 is 0.915 bits per heavy atom. The summed E-state index contributed by atoms with van der Waals surface area (Å²) in [6.07, 6.45) is 4.52. The highest BCUT2D eigenvalue weighted by molar-refractivity contribution is 6.26. The van der Waals surface area contributed by atoms with E-state index in [4.69, 9.17) is 33.1 Å². The van der Waals surface area contributed by atoms with E-state index in [0.29, 0.717) is 48.5 Å². The summed E-state index contributed by atoms with van der Waals surface area (Å²) in [5, 5.41) is 36.5. The molecule has 3 N–H and O–H groups in total. The number of aryl methyl sites for hydroxylation is 3. The number of benzene rings is 3. The fourth-order valence-electron chi connectivity index (χ4n) is 10.4. The van der Waals surface area contributed by atoms with Gasteiger partial charge in [-0.05, 0) is 78.2 Å². The van der Waals surface area contributed by atoms with Crippen LogP contribution in [-0.4, -0.2) is 106 Å². The maximum Gasteiger partial charge on any atom is 0.316 e. The van der Waals surface area contributed by atoms with Crippen LogP contribution in [-0.2, 0) is 30.3 Å². The number of carbonyl (C=O) groups is 3. The van der Waals surface area contributed by atoms with Gasteiger partial charge in [-0.1, -0.05) is 63.6 Å². The molecule has 3 aliphatic rings. The normalized spacial score (nSPS) is 28.1. The third-order valence-electron chi connectivity index (χ3n) is 14.8. The minimum atomic E-state index is -2.00. The van der Waals surface area contributed by atoms with Crippen molar-refractivity contribution in [3.05, 3.63) is 82.0 Å². The number of phenols is 1. The van der Waals surface area contributed by atoms with Gasteiger partial charge in [-0.15, -0.1) is 0 Å². The number of aromatic nitrogens is 1. The van der Waals surface area contributed by atoms with E-state index in [2.05, 4.69) is 42.7 Å². The maximum absolute atomic E-state index is 15.2. The zero-order valence-electron chi connectivity index (χ0n) is 44.1. The zero-order chi connectivity index (χ0) is 52.2. The van der Waals surface area contributed by atoms with E-state index in [9.17, 15) is 24.9 Å². The molecule has 0 saturated carbocycles. The van der Waals surface area contributed by atoms with Crippen LogP contribution in [0.25, 0.3) is 27.4 Å². The molecule has 15 nitrogen and oxygen atoms in total. The molecule has 15 heteroatoms. The number of aliphatic hydroxyl groups excluding tert-OH is 2. The van der Waals surface area contributed by atoms with E-state index in [1.54, 1.807) is 59.8 Å². The molecule has 6 bridgehead atoms. The van der Waals surface area contributed by atoms with Gasteiger partial charge >= 0.3 is 17.7 Å². The largest absolute Gasteiger partial charge is 0.505 e. The molecular formula is C56H73N3O12. The van der Waals surface area contributed by atoms with E-state index in [-0.39, 0.29) is 45.1 Å². The topological polar surface area (TPSA) is 191 Å². The van der Waals surface area contributed by atoms with Gasteiger partial charge in [0.05, 0.1) is 40.9 Å². The van der Waals surface area contributed by atoms with Crippen LogP contribution in [0.3, 0.4) is 0 Å². The minimum absolute atomic E-state index is 0.0103. The van der Waals surface area contributed by atoms with Crippen LogP contribution in [0.1, 0.15) is 113 Å². The van der Waals surface area contributed by atoms with Gasteiger partial charge in [0.1, 0.15) is 34.6 Å². The first kappa shape index (κ1) is 53.1. The fourth-order valence-corrected chi connectivity index (χ4v) is 10.4. The second kappa shape index (κ2) is 20.4. The summed E-state index contributed by atoms with van der Waals surface area (Å²) >= 11 is 0. The van der Waals surface area contributed by atoms with Gasteiger partial charge in [-0.25, -0.2) is 4.98 Å². The third kappa shape index (κ3) is 10.2. The molecule has 4 heterocycles. The molecule has 1 saturated heterocycles. The van der Waals surface area contributed by atoms with Gasteiger partial charge in [0.25, 0.3) is 5.78 Å². The van der Waals surface area contributed by atoms with E-state index in [1.165, 1.54) is 49.5 Å². The molecule has 4 aromatic rings. The number of esters is 2. The van der Waals surface area contributed by atoms with Crippen molar-refractivity contribution in [2.24, 2.45) is 29.1 Å². The van der Waals surface area contributed by atoms with Gasteiger partial charge < -0.3 is 48.3 Å². The second-order valence-electron chi connectivity index (χ2n) is 21.3. The number of phenolic OH excluding ortho intramolecular Hbond substituents is 1. The highest BCUT2D eigenvalue weighted by atomic mass is 16.7. The molecule has 3 aliphatic heterocycles. The Balaban J connectivity index is 1.44. The summed E-state index contributed by atoms with van der Waals surface area (Å²) in [5.74, 6) is -6.04. The lowest BCUT2D eigenvalue weighted by atomic mass is 9.78. The van der Waals surface area contributed by atoms with E-state index in [1.807, 2.05) is 26.8 Å². The van der Waals surface area contributed by atoms with Crippen molar-refractivity contribution in [2.45, 2.75) is 134 Å². The Bertz CT molecular complexity index is 2790. The molecule has 3 aromatic carbocycles. The molecule has 0 radical (unpaired) electrons. The number of rotatable bonds is 6. The lowest BCUT2D eigenvalue weighted by Gasteiger charge is -2.38. The Kier molecular flexibility index (Phi) is 15.3. The van der Waals surface area contributed by atoms with E-state index < -0.39 is 77.0 Å². The number of aliphatic hydroxyl groups is 2. The van der Waals surface area contributed by atoms with Gasteiger partial charge in [-0.3, -0.25) is 19.3 Å². The summed E-state index contributed by atoms with van der Waals surface area (Å²) in [5.41, 5.74) is 5.76. The first-order chi connectivity index (χ1) is 33.3. The molecule has 1 fully saturated rings. The summed E-state index contributed by atoms with van der Waals surface area (Å²) in [6, 6.07) is 4.41. The van der Waals surface area contributed by atoms with Crippen LogP contribution in [0, 0.1) is 56.8 Å². The lowest BCUT2D eigenvalue weighted by Crippen LogP contribution is -2.46. The smallest absolute Gasteiger partial charge is 0.316 e. The van der Waals surface area contributed by atoms with Gasteiger partial charge in [-0.2, -0.15) is 0 Å². The molecule has 0 unspecified atom stereocenters. The summed E-state index contributed by atoms with van der Waals surface area (Å²) < 4.78 is 37.6. The standard InChI is InChI=1S/C56H73N3O12/c1-28-25-31(4)38(32(5)26-28)27-58-20-22-59(23-21-58)44-43-51-41-40(47(44)63)42-50(36(9)49(41)70-54(65)55(11,12)13)71-56(14,52(42)64)67-24-19-39(66-15)33(6)48(68-37(10)60)35(8)46(62)34(7)45(61)29(2)17-16-18-30(3)53(57-43)69-51/h16-19,24-26,29,33-35,39,45-46,48,61-63H,20-23,27H2,1-15H3/b17-16+,24-19?,30-18-/t29-,33+,34+,35+,39-,45-,46+,48+,56-/m0/s1. The second-order valence-corrected chi connectivity index (χ2v) is 21.3. The molecule has 9 atom stereocenters. The number of ketones is 1. The number of anilines is 1. The van der Waals surface area contributed by atoms with Crippen LogP contribution >= 0.6 is 0 Å². The summed E-state index contributed by atoms with van der Waals surface area (Å²) in [6.45, 7) is 28.1. The minimum Gasteiger partial charge on any atom is -0.505 e. The Morgan fingerprint density at radius 3 is 2.17 bits per heavy atom. The summed E-state index contributed by atoms with van der Waals surface area (Å²) in [4.78, 5) is 51.1. The zero-order valence-corrected chi connectivity index (χ0v) is 44.1. The predicted octanol–water partition coefficient (Wildman–Crippen LogP) is 9.20. The molecule has 384 valence electrons. The molecule has 0 aliphatic carbocycles. The number of fused-ring (bicyclic) bond motifs is 2. The first-order valence-corrected chi connectivity index (χ1v) is 24.7. The molecule has 1 aromatic heterocycles. The van der Waals surface area contributed by atoms with Crippen LogP contribution in [0.2, 0.25) is 0 Å². The van der Waals surface area contributed by atoms with Crippen LogP contribution in [0.5, 0.6) is 17.2 Å². The van der Waals surface area contributed by atoms with Crippen molar-refractivity contribution in [3.63, 3.8) is 0 Å². The number of oxazole rings is 1. The van der Waals surface area contributed by atoms with Gasteiger partial charge in [0.15, 0.2) is 5.58 Å². The maximum atomic E-state index is 15.2. The third-order valence-corrected chi connectivity index (χ3v) is 14.8. The highest BCUT2D eigenvalue weighted by Crippen LogP contribution is 2.55. The molecular weight excluding hydrogens is 907 g/mol. The van der Waals surface area contributed by atoms with Gasteiger partial charge in [0, 0.05) is 93.9 Å². The van der Waals surface area contributed by atoms with Crippen molar-refractivity contribution in [2.75, 3.05) is 38.2 Å². The first-order valence-electron chi connectivity index (χ1n) is 24.7. The number of piperazine rings is 1. The number of methoxy groups -OCH3 is 1.